The number of unbranched alkanes of at least 4 members (excludes halogenated alkanes) is 1. The van der Waals surface area contributed by atoms with E-state index in [-0.39, 0.29) is 30.8 Å². The Morgan fingerprint density at radius 3 is 2.39 bits per heavy atom. The molecule has 0 aromatic heterocycles. The molecule has 2 aliphatic heterocycles. The van der Waals surface area contributed by atoms with Gasteiger partial charge in [0.25, 0.3) is 0 Å². The van der Waals surface area contributed by atoms with Crippen molar-refractivity contribution in [1.82, 2.24) is 19.8 Å². The van der Waals surface area contributed by atoms with Crippen molar-refractivity contribution >= 4 is 44.3 Å². The van der Waals surface area contributed by atoms with Gasteiger partial charge in [-0.05, 0) is 57.7 Å². The van der Waals surface area contributed by atoms with Crippen LogP contribution >= 0.6 is 0 Å². The Morgan fingerprint density at radius 2 is 1.71 bits per heavy atom. The number of fused-ring (bicyclic) bond motifs is 1. The fourth-order valence-corrected chi connectivity index (χ4v) is 8.55. The van der Waals surface area contributed by atoms with Gasteiger partial charge in [0.1, 0.15) is 30.3 Å². The van der Waals surface area contributed by atoms with Crippen LogP contribution in [0.2, 0.25) is 0 Å². The number of benzene rings is 2. The highest BCUT2D eigenvalue weighted by Gasteiger charge is 2.42. The molecule has 0 spiro atoms. The van der Waals surface area contributed by atoms with Gasteiger partial charge in [-0.3, -0.25) is 14.5 Å². The summed E-state index contributed by atoms with van der Waals surface area (Å²) in [5.74, 6) is -1.97. The first-order valence-electron chi connectivity index (χ1n) is 16.5. The Bertz CT molecular complexity index is 1590. The van der Waals surface area contributed by atoms with E-state index >= 15 is 0 Å². The van der Waals surface area contributed by atoms with Gasteiger partial charge in [-0.2, -0.15) is 4.31 Å². The lowest BCUT2D eigenvalue weighted by molar-refractivity contribution is -0.145. The molecule has 2 fully saturated rings. The number of amides is 2. The maximum Gasteiger partial charge on any atom is 0.328 e. The van der Waals surface area contributed by atoms with Gasteiger partial charge >= 0.3 is 5.97 Å². The second-order valence-corrected chi connectivity index (χ2v) is 14.8. The minimum atomic E-state index is -4.14. The third-order valence-corrected chi connectivity index (χ3v) is 11.4. The summed E-state index contributed by atoms with van der Waals surface area (Å²) in [6.45, 7) is 1.46. The molecule has 0 radical (unpaired) electrons. The van der Waals surface area contributed by atoms with Crippen LogP contribution in [-0.4, -0.2) is 146 Å². The molecule has 7 atom stereocenters. The van der Waals surface area contributed by atoms with Crippen molar-refractivity contribution in [2.75, 3.05) is 52.3 Å². The fourth-order valence-electron chi connectivity index (χ4n) is 6.68. The van der Waals surface area contributed by atoms with Gasteiger partial charge in [0.05, 0.1) is 30.8 Å². The lowest BCUT2D eigenvalue weighted by Crippen LogP contribution is -2.62. The van der Waals surface area contributed by atoms with Crippen LogP contribution in [0.4, 0.5) is 5.69 Å². The van der Waals surface area contributed by atoms with E-state index in [0.29, 0.717) is 31.2 Å². The summed E-state index contributed by atoms with van der Waals surface area (Å²) in [4.78, 5) is 42.8. The molecule has 2 aliphatic rings. The molecule has 2 aromatic carbocycles. The second kappa shape index (κ2) is 16.6. The van der Waals surface area contributed by atoms with E-state index in [0.717, 1.165) is 11.1 Å². The molecule has 16 heteroatoms. The van der Waals surface area contributed by atoms with Crippen LogP contribution in [0.25, 0.3) is 10.8 Å². The minimum absolute atomic E-state index is 0.0277. The number of aliphatic hydroxyl groups excluding tert-OH is 4. The molecule has 0 saturated carbocycles. The number of methoxy groups -OCH3 is 1. The molecule has 0 unspecified atom stereocenters. The van der Waals surface area contributed by atoms with Crippen LogP contribution in [0.1, 0.15) is 39.0 Å². The molecule has 49 heavy (non-hydrogen) atoms. The monoisotopic (exact) mass is 707 g/mol. The topological polar surface area (TPSA) is 209 Å². The van der Waals surface area contributed by atoms with Crippen molar-refractivity contribution in [2.45, 2.75) is 86.4 Å². The van der Waals surface area contributed by atoms with Crippen molar-refractivity contribution in [3.05, 3.63) is 36.4 Å². The average Bonchev–Trinajstić information content (AvgIpc) is 3.59. The molecule has 6 N–H and O–H groups in total. The number of carbonyl (C=O) groups is 3. The van der Waals surface area contributed by atoms with E-state index in [1.165, 1.54) is 24.4 Å². The molecule has 15 nitrogen and oxygen atoms in total. The van der Waals surface area contributed by atoms with Gasteiger partial charge in [-0.1, -0.05) is 24.3 Å². The summed E-state index contributed by atoms with van der Waals surface area (Å²) in [7, 11) is 0.786. The quantitative estimate of drug-likeness (QED) is 0.105. The first-order valence-corrected chi connectivity index (χ1v) is 18.0. The molecule has 2 amide bonds. The zero-order chi connectivity index (χ0) is 36.0. The van der Waals surface area contributed by atoms with E-state index in [2.05, 4.69) is 10.6 Å². The molecular formula is C33H49N5O10S. The maximum atomic E-state index is 14.1. The van der Waals surface area contributed by atoms with Crippen LogP contribution < -0.4 is 15.5 Å². The number of rotatable bonds is 14. The Balaban J connectivity index is 1.50. The van der Waals surface area contributed by atoms with Crippen LogP contribution in [0.5, 0.6) is 0 Å². The third kappa shape index (κ3) is 8.51. The number of ether oxygens (including phenoxy) is 1. The number of nitrogens with zero attached hydrogens (tertiary/aromatic N) is 3. The van der Waals surface area contributed by atoms with Gasteiger partial charge in [-0.25, -0.2) is 13.2 Å². The van der Waals surface area contributed by atoms with E-state index in [1.54, 1.807) is 23.1 Å². The van der Waals surface area contributed by atoms with Gasteiger partial charge in [0.15, 0.2) is 0 Å². The molecule has 2 heterocycles. The lowest BCUT2D eigenvalue weighted by atomic mass is 9.94. The highest BCUT2D eigenvalue weighted by Crippen LogP contribution is 2.34. The SMILES string of the molecule is COC(=O)[C@H](C)NC(=O)[C@H](CCCCN1C[C@H](O)[C@@H](O)[C@@H](O)[C@H]1CO)NC(=O)[C@@H]1CCCN1S(=O)(=O)c1cccc2c(N(C)C)cccc12. The number of esters is 1. The fraction of sp³-hybridized carbons (Fsp3) is 0.606. The van der Waals surface area contributed by atoms with Gasteiger partial charge < -0.3 is 40.7 Å². The number of hydrogen-bond acceptors (Lipinski definition) is 12. The average molecular weight is 708 g/mol. The Labute approximate surface area is 286 Å². The number of hydrogen-bond donors (Lipinski definition) is 6. The van der Waals surface area contributed by atoms with E-state index < -0.39 is 76.9 Å². The summed E-state index contributed by atoms with van der Waals surface area (Å²) in [5, 5.41) is 46.7. The molecule has 0 aliphatic carbocycles. The highest BCUT2D eigenvalue weighted by atomic mass is 32.2. The number of carbonyl (C=O) groups excluding carboxylic acids is 3. The maximum absolute atomic E-state index is 14.1. The van der Waals surface area contributed by atoms with Crippen LogP contribution in [0, 0.1) is 0 Å². The van der Waals surface area contributed by atoms with Crippen LogP contribution in [0.15, 0.2) is 41.3 Å². The summed E-state index contributed by atoms with van der Waals surface area (Å²) in [6, 6.07) is 6.47. The van der Waals surface area contributed by atoms with Gasteiger partial charge in [0.2, 0.25) is 21.8 Å². The van der Waals surface area contributed by atoms with Crippen molar-refractivity contribution in [1.29, 1.82) is 0 Å². The van der Waals surface area contributed by atoms with Crippen molar-refractivity contribution in [3.8, 4) is 0 Å². The smallest absolute Gasteiger partial charge is 0.328 e. The zero-order valence-corrected chi connectivity index (χ0v) is 29.2. The Hall–Kier alpha value is -3.38. The van der Waals surface area contributed by atoms with Crippen molar-refractivity contribution in [3.63, 3.8) is 0 Å². The van der Waals surface area contributed by atoms with Crippen LogP contribution in [-0.2, 0) is 29.1 Å². The molecule has 2 aromatic rings. The predicted molar refractivity (Wildman–Crippen MR) is 181 cm³/mol. The number of nitrogens with one attached hydrogen (secondary N) is 2. The third-order valence-electron chi connectivity index (χ3n) is 9.38. The second-order valence-electron chi connectivity index (χ2n) is 12.9. The van der Waals surface area contributed by atoms with Crippen molar-refractivity contribution < 1.29 is 48.0 Å². The molecule has 0 bridgehead atoms. The summed E-state index contributed by atoms with van der Waals surface area (Å²) in [5.41, 5.74) is 0.845. The first kappa shape index (κ1) is 38.4. The summed E-state index contributed by atoms with van der Waals surface area (Å²) in [6.07, 6.45) is -2.33. The first-order chi connectivity index (χ1) is 23.2. The van der Waals surface area contributed by atoms with E-state index in [4.69, 9.17) is 4.74 Å². The number of sulfonamides is 1. The highest BCUT2D eigenvalue weighted by molar-refractivity contribution is 7.89. The Kier molecular flexibility index (Phi) is 13.0. The Morgan fingerprint density at radius 1 is 1.02 bits per heavy atom. The summed E-state index contributed by atoms with van der Waals surface area (Å²) < 4.78 is 34.1. The standard InChI is InChI=1S/C33H49N5O10S/c1-20(33(45)48-4)34-31(43)23(12-5-6-16-37-18-27(40)30(42)29(41)26(37)19-39)35-32(44)25-14-9-17-38(25)49(46,47)28-15-8-10-21-22(28)11-7-13-24(21)36(2)3/h7-8,10-11,13,15,20,23,25-27,29-30,39-42H,5-6,9,12,14,16-19H2,1-4H3,(H,34,43)(H,35,44)/t20-,23-,25-,26+,27-,29-,30+/m0/s1. The van der Waals surface area contributed by atoms with Gasteiger partial charge in [0, 0.05) is 43.6 Å². The molecule has 272 valence electrons. The van der Waals surface area contributed by atoms with E-state index in [1.807, 2.05) is 31.1 Å². The summed E-state index contributed by atoms with van der Waals surface area (Å²) >= 11 is 0. The number of aliphatic hydroxyl groups is 4. The zero-order valence-electron chi connectivity index (χ0n) is 28.4. The van der Waals surface area contributed by atoms with E-state index in [9.17, 15) is 43.2 Å². The molecule has 4 rings (SSSR count). The predicted octanol–water partition coefficient (Wildman–Crippen LogP) is -0.849. The lowest BCUT2D eigenvalue weighted by Gasteiger charge is -2.43. The molecular weight excluding hydrogens is 658 g/mol. The number of likely N-dealkylation sites (tertiary alicyclic amines) is 1. The number of piperidine rings is 1. The van der Waals surface area contributed by atoms with Crippen LogP contribution in [0.3, 0.4) is 0 Å². The largest absolute Gasteiger partial charge is 0.467 e. The van der Waals surface area contributed by atoms with Crippen molar-refractivity contribution in [2.24, 2.45) is 0 Å². The normalized spacial score (nSPS) is 24.7. The number of β-amino-alcohol motifs (C(OH)–C–C–N with tert-alkyl or cyclic N) is 1. The van der Waals surface area contributed by atoms with Gasteiger partial charge in [-0.15, -0.1) is 0 Å². The minimum Gasteiger partial charge on any atom is -0.467 e. The number of anilines is 1. The molecule has 2 saturated heterocycles.